The van der Waals surface area contributed by atoms with Crippen LogP contribution in [0.2, 0.25) is 0 Å². The third kappa shape index (κ3) is 3.66. The zero-order valence-electron chi connectivity index (χ0n) is 13.9. The molecule has 4 nitrogen and oxygen atoms in total. The minimum atomic E-state index is 0.0153. The number of benzene rings is 2. The lowest BCUT2D eigenvalue weighted by Crippen LogP contribution is -2.09. The third-order valence-electron chi connectivity index (χ3n) is 4.02. The number of furan rings is 1. The molecule has 4 aromatic rings. The van der Waals surface area contributed by atoms with Crippen molar-refractivity contribution in [2.45, 2.75) is 16.7 Å². The Bertz CT molecular complexity index is 1010. The Morgan fingerprint density at radius 3 is 2.42 bits per heavy atom. The first kappa shape index (κ1) is 16.9. The van der Waals surface area contributed by atoms with Crippen LogP contribution in [0, 0.1) is 4.77 Å². The average molecular weight is 380 g/mol. The van der Waals surface area contributed by atoms with Gasteiger partial charge in [0.05, 0.1) is 18.1 Å². The lowest BCUT2D eigenvalue weighted by atomic mass is 10.1. The Morgan fingerprint density at radius 2 is 1.73 bits per heavy atom. The van der Waals surface area contributed by atoms with Gasteiger partial charge in [0.25, 0.3) is 0 Å². The molecule has 0 amide bonds. The fourth-order valence-electron chi connectivity index (χ4n) is 2.77. The second kappa shape index (κ2) is 7.76. The summed E-state index contributed by atoms with van der Waals surface area (Å²) in [5.74, 6) is 1.73. The van der Waals surface area contributed by atoms with Crippen LogP contribution >= 0.6 is 24.0 Å². The van der Waals surface area contributed by atoms with Crippen molar-refractivity contribution in [3.8, 4) is 0 Å². The maximum atomic E-state index is 5.50. The summed E-state index contributed by atoms with van der Waals surface area (Å²) in [6.07, 6.45) is 1.67. The van der Waals surface area contributed by atoms with Gasteiger partial charge in [-0.2, -0.15) is 5.10 Å². The molecular formula is C20H17N3OS2. The second-order valence-electron chi connectivity index (χ2n) is 5.77. The first-order valence-corrected chi connectivity index (χ1v) is 9.54. The van der Waals surface area contributed by atoms with E-state index < -0.39 is 0 Å². The molecule has 1 atom stereocenters. The van der Waals surface area contributed by atoms with E-state index >= 15 is 0 Å². The summed E-state index contributed by atoms with van der Waals surface area (Å²) in [6.45, 7) is 0.552. The second-order valence-corrected chi connectivity index (χ2v) is 7.34. The van der Waals surface area contributed by atoms with Crippen LogP contribution in [0.25, 0.3) is 0 Å². The quantitative estimate of drug-likeness (QED) is 0.357. The van der Waals surface area contributed by atoms with Crippen molar-refractivity contribution in [2.24, 2.45) is 0 Å². The van der Waals surface area contributed by atoms with Crippen molar-refractivity contribution in [3.63, 3.8) is 0 Å². The molecule has 0 aliphatic heterocycles. The standard InChI is InChI=1S/C20H17N3OS2/c25-20-22-21-19(23(20)14-16-10-7-13-24-16)18(15-8-3-1-4-9-15)26-17-11-5-2-6-12-17/h1-13,18H,14H2,(H,22,25)/t18-/m0/s1. The molecule has 0 saturated carbocycles. The number of hydrogen-bond donors (Lipinski definition) is 1. The van der Waals surface area contributed by atoms with Crippen LogP contribution in [0.5, 0.6) is 0 Å². The number of rotatable bonds is 6. The van der Waals surface area contributed by atoms with E-state index in [1.807, 2.05) is 53.1 Å². The zero-order valence-corrected chi connectivity index (χ0v) is 15.5. The topological polar surface area (TPSA) is 46.8 Å². The van der Waals surface area contributed by atoms with Gasteiger partial charge < -0.3 is 4.42 Å². The van der Waals surface area contributed by atoms with E-state index in [2.05, 4.69) is 34.5 Å². The molecule has 0 unspecified atom stereocenters. The largest absolute Gasteiger partial charge is 0.467 e. The highest BCUT2D eigenvalue weighted by atomic mass is 32.2. The molecule has 4 rings (SSSR count). The summed E-state index contributed by atoms with van der Waals surface area (Å²) in [6, 6.07) is 24.5. The maximum absolute atomic E-state index is 5.50. The van der Waals surface area contributed by atoms with E-state index in [0.717, 1.165) is 11.6 Å². The molecule has 0 aliphatic carbocycles. The van der Waals surface area contributed by atoms with E-state index in [1.165, 1.54) is 10.5 Å². The summed E-state index contributed by atoms with van der Waals surface area (Å²) in [5.41, 5.74) is 1.18. The number of nitrogens with zero attached hydrogens (tertiary/aromatic N) is 2. The number of nitrogens with one attached hydrogen (secondary N) is 1. The SMILES string of the molecule is S=c1[nH]nc([C@@H](Sc2ccccc2)c2ccccc2)n1Cc1ccco1. The van der Waals surface area contributed by atoms with Gasteiger partial charge in [-0.15, -0.1) is 11.8 Å². The van der Waals surface area contributed by atoms with Gasteiger partial charge in [0.2, 0.25) is 0 Å². The Balaban J connectivity index is 1.76. The summed E-state index contributed by atoms with van der Waals surface area (Å²) >= 11 is 7.23. The van der Waals surface area contributed by atoms with E-state index in [0.29, 0.717) is 11.3 Å². The lowest BCUT2D eigenvalue weighted by Gasteiger charge is -2.17. The van der Waals surface area contributed by atoms with E-state index in [9.17, 15) is 0 Å². The molecule has 1 N–H and O–H groups in total. The number of hydrogen-bond acceptors (Lipinski definition) is 4. The Hall–Kier alpha value is -2.57. The van der Waals surface area contributed by atoms with Crippen molar-refractivity contribution < 1.29 is 4.42 Å². The third-order valence-corrected chi connectivity index (χ3v) is 5.59. The molecule has 6 heteroatoms. The molecule has 0 fully saturated rings. The highest BCUT2D eigenvalue weighted by Gasteiger charge is 2.22. The number of aromatic amines is 1. The van der Waals surface area contributed by atoms with Gasteiger partial charge in [-0.1, -0.05) is 48.5 Å². The van der Waals surface area contributed by atoms with E-state index in [1.54, 1.807) is 18.0 Å². The fraction of sp³-hybridized carbons (Fsp3) is 0.100. The first-order valence-electron chi connectivity index (χ1n) is 8.25. The molecule has 0 aliphatic rings. The van der Waals surface area contributed by atoms with E-state index in [4.69, 9.17) is 16.6 Å². The first-order chi connectivity index (χ1) is 12.8. The molecule has 0 radical (unpaired) electrons. The summed E-state index contributed by atoms with van der Waals surface area (Å²) < 4.78 is 8.10. The van der Waals surface area contributed by atoms with Crippen LogP contribution in [0.3, 0.4) is 0 Å². The molecule has 0 saturated heterocycles. The minimum absolute atomic E-state index is 0.0153. The molecule has 26 heavy (non-hydrogen) atoms. The minimum Gasteiger partial charge on any atom is -0.467 e. The van der Waals surface area contributed by atoms with Crippen LogP contribution in [0.4, 0.5) is 0 Å². The fourth-order valence-corrected chi connectivity index (χ4v) is 4.14. The normalized spacial score (nSPS) is 12.2. The van der Waals surface area contributed by atoms with Gasteiger partial charge in [-0.25, -0.2) is 0 Å². The lowest BCUT2D eigenvalue weighted by molar-refractivity contribution is 0.488. The van der Waals surface area contributed by atoms with Crippen molar-refractivity contribution >= 4 is 24.0 Å². The summed E-state index contributed by atoms with van der Waals surface area (Å²) in [5, 5.41) is 7.51. The van der Waals surface area contributed by atoms with Crippen molar-refractivity contribution in [2.75, 3.05) is 0 Å². The highest BCUT2D eigenvalue weighted by Crippen LogP contribution is 2.39. The molecule has 2 aromatic carbocycles. The summed E-state index contributed by atoms with van der Waals surface area (Å²) in [4.78, 5) is 1.18. The average Bonchev–Trinajstić information content (AvgIpc) is 3.33. The molecule has 0 bridgehead atoms. The van der Waals surface area contributed by atoms with Crippen LogP contribution in [0.15, 0.2) is 88.4 Å². The highest BCUT2D eigenvalue weighted by molar-refractivity contribution is 7.99. The smallest absolute Gasteiger partial charge is 0.195 e. The van der Waals surface area contributed by atoms with Gasteiger partial charge in [-0.05, 0) is 42.0 Å². The molecular weight excluding hydrogens is 362 g/mol. The Kier molecular flexibility index (Phi) is 5.04. The predicted molar refractivity (Wildman–Crippen MR) is 106 cm³/mol. The zero-order chi connectivity index (χ0) is 17.8. The van der Waals surface area contributed by atoms with Gasteiger partial charge in [-0.3, -0.25) is 9.67 Å². The van der Waals surface area contributed by atoms with Crippen molar-refractivity contribution in [1.82, 2.24) is 14.8 Å². The van der Waals surface area contributed by atoms with Crippen LogP contribution in [-0.2, 0) is 6.54 Å². The van der Waals surface area contributed by atoms with Crippen molar-refractivity contribution in [1.29, 1.82) is 0 Å². The number of aromatic nitrogens is 3. The monoisotopic (exact) mass is 379 g/mol. The van der Waals surface area contributed by atoms with Gasteiger partial charge >= 0.3 is 0 Å². The molecule has 2 aromatic heterocycles. The Labute approximate surface area is 160 Å². The molecule has 0 spiro atoms. The van der Waals surface area contributed by atoms with Crippen molar-refractivity contribution in [3.05, 3.63) is 101 Å². The Morgan fingerprint density at radius 1 is 1.00 bits per heavy atom. The maximum Gasteiger partial charge on any atom is 0.195 e. The van der Waals surface area contributed by atoms with Crippen LogP contribution < -0.4 is 0 Å². The van der Waals surface area contributed by atoms with Gasteiger partial charge in [0, 0.05) is 4.90 Å². The number of thioether (sulfide) groups is 1. The number of H-pyrrole nitrogens is 1. The summed E-state index contributed by atoms with van der Waals surface area (Å²) in [7, 11) is 0. The predicted octanol–water partition coefficient (Wildman–Crippen LogP) is 5.46. The molecule has 2 heterocycles. The van der Waals surface area contributed by atoms with E-state index in [-0.39, 0.29) is 5.25 Å². The van der Waals surface area contributed by atoms with Gasteiger partial charge in [0.15, 0.2) is 4.77 Å². The van der Waals surface area contributed by atoms with Crippen LogP contribution in [0.1, 0.15) is 22.4 Å². The molecule has 130 valence electrons. The van der Waals surface area contributed by atoms with Gasteiger partial charge in [0.1, 0.15) is 11.6 Å². The van der Waals surface area contributed by atoms with Crippen LogP contribution in [-0.4, -0.2) is 14.8 Å².